The van der Waals surface area contributed by atoms with Crippen LogP contribution in [0.15, 0.2) is 6.07 Å². The van der Waals surface area contributed by atoms with Gasteiger partial charge in [-0.15, -0.1) is 0 Å². The highest BCUT2D eigenvalue weighted by Crippen LogP contribution is 2.32. The van der Waals surface area contributed by atoms with E-state index in [9.17, 15) is 4.79 Å². The molecular formula is C20H32N4O2. The van der Waals surface area contributed by atoms with Gasteiger partial charge in [0.2, 0.25) is 0 Å². The van der Waals surface area contributed by atoms with Crippen molar-refractivity contribution < 1.29 is 9.53 Å². The van der Waals surface area contributed by atoms with Gasteiger partial charge in [0, 0.05) is 52.0 Å². The highest BCUT2D eigenvalue weighted by Gasteiger charge is 2.40. The minimum atomic E-state index is 0.162. The van der Waals surface area contributed by atoms with E-state index < -0.39 is 0 Å². The van der Waals surface area contributed by atoms with Crippen LogP contribution < -0.4 is 0 Å². The second kappa shape index (κ2) is 7.31. The van der Waals surface area contributed by atoms with E-state index in [4.69, 9.17) is 4.74 Å². The third-order valence-electron chi connectivity index (χ3n) is 6.42. The summed E-state index contributed by atoms with van der Waals surface area (Å²) >= 11 is 0. The number of aromatic nitrogens is 2. The first-order valence-electron chi connectivity index (χ1n) is 10.2. The predicted molar refractivity (Wildman–Crippen MR) is 100 cm³/mol. The van der Waals surface area contributed by atoms with Crippen molar-refractivity contribution in [2.24, 2.45) is 13.0 Å². The lowest BCUT2D eigenvalue weighted by molar-refractivity contribution is 0.0303. The van der Waals surface area contributed by atoms with Crippen LogP contribution in [-0.2, 0) is 11.8 Å². The smallest absolute Gasteiger partial charge is 0.272 e. The molecule has 0 N–H and O–H groups in total. The van der Waals surface area contributed by atoms with Crippen LogP contribution in [-0.4, -0.2) is 70.4 Å². The second-order valence-electron chi connectivity index (χ2n) is 8.58. The number of hydrogen-bond acceptors (Lipinski definition) is 4. The maximum Gasteiger partial charge on any atom is 0.272 e. The zero-order valence-electron chi connectivity index (χ0n) is 16.4. The molecule has 2 atom stereocenters. The Kier molecular flexibility index (Phi) is 5.06. The molecule has 5 heterocycles. The van der Waals surface area contributed by atoms with Crippen LogP contribution in [0, 0.1) is 5.92 Å². The molecule has 4 aliphatic rings. The van der Waals surface area contributed by atoms with Crippen molar-refractivity contribution in [3.8, 4) is 0 Å². The summed E-state index contributed by atoms with van der Waals surface area (Å²) in [5.74, 6) is 1.10. The van der Waals surface area contributed by atoms with Crippen LogP contribution >= 0.6 is 0 Å². The van der Waals surface area contributed by atoms with Gasteiger partial charge in [0.05, 0.1) is 5.69 Å². The molecule has 0 saturated carbocycles. The third-order valence-corrected chi connectivity index (χ3v) is 6.42. The van der Waals surface area contributed by atoms with Crippen molar-refractivity contribution in [3.05, 3.63) is 17.5 Å². The van der Waals surface area contributed by atoms with Gasteiger partial charge in [-0.05, 0) is 43.6 Å². The summed E-state index contributed by atoms with van der Waals surface area (Å²) in [6.07, 6.45) is 4.64. The number of nitrogens with zero attached hydrogens (tertiary/aromatic N) is 4. The van der Waals surface area contributed by atoms with Gasteiger partial charge < -0.3 is 9.64 Å². The average molecular weight is 361 g/mol. The molecule has 4 saturated heterocycles. The maximum atomic E-state index is 13.3. The Balaban J connectivity index is 1.52. The van der Waals surface area contributed by atoms with Gasteiger partial charge in [0.1, 0.15) is 5.69 Å². The van der Waals surface area contributed by atoms with Gasteiger partial charge in [0.15, 0.2) is 0 Å². The number of ether oxygens (including phenoxy) is 1. The van der Waals surface area contributed by atoms with Crippen molar-refractivity contribution >= 4 is 5.91 Å². The first-order valence-corrected chi connectivity index (χ1v) is 10.2. The van der Waals surface area contributed by atoms with Crippen molar-refractivity contribution in [1.82, 2.24) is 19.6 Å². The lowest BCUT2D eigenvalue weighted by Crippen LogP contribution is -2.48. The van der Waals surface area contributed by atoms with Gasteiger partial charge in [-0.3, -0.25) is 14.4 Å². The van der Waals surface area contributed by atoms with E-state index in [1.54, 1.807) is 4.68 Å². The largest absolute Gasteiger partial charge is 0.381 e. The molecule has 0 unspecified atom stereocenters. The van der Waals surface area contributed by atoms with Gasteiger partial charge in [0.25, 0.3) is 5.91 Å². The highest BCUT2D eigenvalue weighted by atomic mass is 16.5. The molecule has 2 bridgehead atoms. The molecule has 6 nitrogen and oxygen atoms in total. The SMILES string of the molecule is CC(C)c1cc(C(=O)N2C[C@H]3CC[C@@H]2CN(C2CCOCC2)C3)n(C)n1. The molecule has 144 valence electrons. The summed E-state index contributed by atoms with van der Waals surface area (Å²) in [4.78, 5) is 18.1. The fourth-order valence-electron chi connectivity index (χ4n) is 4.83. The Hall–Kier alpha value is -1.40. The monoisotopic (exact) mass is 360 g/mol. The van der Waals surface area contributed by atoms with Crippen LogP contribution in [0.1, 0.15) is 61.6 Å². The van der Waals surface area contributed by atoms with Gasteiger partial charge in [-0.25, -0.2) is 0 Å². The Bertz CT molecular complexity index is 650. The van der Waals surface area contributed by atoms with E-state index in [-0.39, 0.29) is 5.91 Å². The summed E-state index contributed by atoms with van der Waals surface area (Å²) in [5.41, 5.74) is 1.73. The molecule has 0 aliphatic carbocycles. The minimum absolute atomic E-state index is 0.162. The molecule has 6 heteroatoms. The second-order valence-corrected chi connectivity index (χ2v) is 8.58. The summed E-state index contributed by atoms with van der Waals surface area (Å²) in [5, 5.41) is 4.54. The molecule has 4 fully saturated rings. The number of amides is 1. The van der Waals surface area contributed by atoms with Crippen molar-refractivity contribution in [2.75, 3.05) is 32.8 Å². The van der Waals surface area contributed by atoms with Gasteiger partial charge in [-0.1, -0.05) is 13.8 Å². The third kappa shape index (κ3) is 3.41. The Morgan fingerprint density at radius 3 is 2.58 bits per heavy atom. The molecule has 0 radical (unpaired) electrons. The number of carbonyl (C=O) groups is 1. The van der Waals surface area contributed by atoms with Crippen LogP contribution in [0.5, 0.6) is 0 Å². The number of fused-ring (bicyclic) bond motifs is 4. The predicted octanol–water partition coefficient (Wildman–Crippen LogP) is 2.26. The average Bonchev–Trinajstić information content (AvgIpc) is 2.82. The first kappa shape index (κ1) is 18.0. The van der Waals surface area contributed by atoms with E-state index in [2.05, 4.69) is 28.7 Å². The lowest BCUT2D eigenvalue weighted by Gasteiger charge is -2.37. The zero-order chi connectivity index (χ0) is 18.3. The quantitative estimate of drug-likeness (QED) is 0.830. The summed E-state index contributed by atoms with van der Waals surface area (Å²) in [6.45, 7) is 9.05. The van der Waals surface area contributed by atoms with Crippen LogP contribution in [0.2, 0.25) is 0 Å². The Labute approximate surface area is 156 Å². The molecular weight excluding hydrogens is 328 g/mol. The van der Waals surface area contributed by atoms with Crippen LogP contribution in [0.25, 0.3) is 0 Å². The molecule has 0 spiro atoms. The number of rotatable bonds is 3. The lowest BCUT2D eigenvalue weighted by atomic mass is 9.94. The van der Waals surface area contributed by atoms with E-state index >= 15 is 0 Å². The Morgan fingerprint density at radius 1 is 1.12 bits per heavy atom. The normalized spacial score (nSPS) is 27.9. The minimum Gasteiger partial charge on any atom is -0.381 e. The zero-order valence-corrected chi connectivity index (χ0v) is 16.4. The number of aryl methyl sites for hydroxylation is 1. The molecule has 4 aliphatic heterocycles. The number of hydrogen-bond donors (Lipinski definition) is 0. The van der Waals surface area contributed by atoms with Crippen molar-refractivity contribution in [1.29, 1.82) is 0 Å². The number of piperidine rings is 1. The van der Waals surface area contributed by atoms with Crippen LogP contribution in [0.3, 0.4) is 0 Å². The molecule has 26 heavy (non-hydrogen) atoms. The van der Waals surface area contributed by atoms with E-state index in [0.29, 0.717) is 23.9 Å². The summed E-state index contributed by atoms with van der Waals surface area (Å²) in [7, 11) is 1.89. The molecule has 1 aromatic rings. The summed E-state index contributed by atoms with van der Waals surface area (Å²) in [6, 6.07) is 2.95. The topological polar surface area (TPSA) is 50.6 Å². The molecule has 1 amide bonds. The van der Waals surface area contributed by atoms with Gasteiger partial charge in [-0.2, -0.15) is 5.10 Å². The highest BCUT2D eigenvalue weighted by molar-refractivity contribution is 5.93. The fourth-order valence-corrected chi connectivity index (χ4v) is 4.83. The fraction of sp³-hybridized carbons (Fsp3) is 0.800. The van der Waals surface area contributed by atoms with E-state index in [0.717, 1.165) is 63.5 Å². The maximum absolute atomic E-state index is 13.3. The summed E-state index contributed by atoms with van der Waals surface area (Å²) < 4.78 is 7.31. The van der Waals surface area contributed by atoms with E-state index in [1.165, 1.54) is 6.42 Å². The van der Waals surface area contributed by atoms with Crippen molar-refractivity contribution in [3.63, 3.8) is 0 Å². The van der Waals surface area contributed by atoms with Crippen LogP contribution in [0.4, 0.5) is 0 Å². The standard InChI is InChI=1S/C20H32N4O2/c1-14(2)18-10-19(22(3)21-18)20(25)24-12-15-4-5-17(24)13-23(11-15)16-6-8-26-9-7-16/h10,14-17H,4-9,11-13H2,1-3H3/t15-,17+/m0/s1. The van der Waals surface area contributed by atoms with Gasteiger partial charge >= 0.3 is 0 Å². The molecule has 5 rings (SSSR count). The first-order chi connectivity index (χ1) is 12.5. The Morgan fingerprint density at radius 2 is 1.88 bits per heavy atom. The molecule has 0 aromatic carbocycles. The van der Waals surface area contributed by atoms with E-state index in [1.807, 2.05) is 13.1 Å². The molecule has 1 aromatic heterocycles. The van der Waals surface area contributed by atoms with Crippen molar-refractivity contribution in [2.45, 2.75) is 57.5 Å². The number of carbonyl (C=O) groups excluding carboxylic acids is 1.